The average molecular weight is 397 g/mol. The van der Waals surface area contributed by atoms with Gasteiger partial charge in [-0.25, -0.2) is 4.39 Å². The topological polar surface area (TPSA) is 56.7 Å². The van der Waals surface area contributed by atoms with E-state index in [0.717, 1.165) is 45.4 Å². The Labute approximate surface area is 171 Å². The third-order valence-corrected chi connectivity index (χ3v) is 6.26. The summed E-state index contributed by atoms with van der Waals surface area (Å²) >= 11 is 0. The van der Waals surface area contributed by atoms with E-state index in [-0.39, 0.29) is 29.7 Å². The van der Waals surface area contributed by atoms with Gasteiger partial charge in [0, 0.05) is 49.6 Å². The fourth-order valence-corrected chi connectivity index (χ4v) is 4.65. The van der Waals surface area contributed by atoms with Crippen molar-refractivity contribution in [3.8, 4) is 0 Å². The maximum absolute atomic E-state index is 13.1. The monoisotopic (exact) mass is 397 g/mol. The maximum atomic E-state index is 13.1. The van der Waals surface area contributed by atoms with Gasteiger partial charge in [0.15, 0.2) is 5.78 Å². The van der Waals surface area contributed by atoms with Gasteiger partial charge in [0.05, 0.1) is 6.10 Å². The predicted molar refractivity (Wildman–Crippen MR) is 109 cm³/mol. The zero-order valence-electron chi connectivity index (χ0n) is 16.6. The van der Waals surface area contributed by atoms with Crippen molar-refractivity contribution >= 4 is 5.78 Å². The quantitative estimate of drug-likeness (QED) is 0.787. The molecule has 1 aromatic carbocycles. The lowest BCUT2D eigenvalue weighted by Crippen LogP contribution is -2.55. The minimum Gasteiger partial charge on any atom is -0.390 e. The predicted octanol–water partition coefficient (Wildman–Crippen LogP) is 2.75. The number of hydrogen-bond donors (Lipinski definition) is 1. The molecule has 3 heterocycles. The van der Waals surface area contributed by atoms with Crippen molar-refractivity contribution in [2.45, 2.75) is 38.0 Å². The second-order valence-electron chi connectivity index (χ2n) is 8.20. The van der Waals surface area contributed by atoms with Crippen LogP contribution in [0, 0.1) is 11.7 Å². The minimum absolute atomic E-state index is 0.0143. The molecule has 0 spiro atoms. The number of nitrogens with zero attached hydrogens (tertiary/aromatic N) is 3. The van der Waals surface area contributed by atoms with Crippen LogP contribution >= 0.6 is 0 Å². The molecule has 2 saturated heterocycles. The van der Waals surface area contributed by atoms with Crippen molar-refractivity contribution in [3.05, 3.63) is 65.7 Å². The minimum atomic E-state index is -0.384. The molecule has 29 heavy (non-hydrogen) atoms. The normalized spacial score (nSPS) is 24.5. The first-order valence-corrected chi connectivity index (χ1v) is 10.4. The summed E-state index contributed by atoms with van der Waals surface area (Å²) in [5.74, 6) is -0.226. The molecule has 6 heteroatoms. The first kappa shape index (κ1) is 20.1. The molecular weight excluding hydrogens is 369 g/mol. The van der Waals surface area contributed by atoms with E-state index in [2.05, 4.69) is 20.9 Å². The summed E-state index contributed by atoms with van der Waals surface area (Å²) in [6, 6.07) is 10.00. The van der Waals surface area contributed by atoms with Crippen LogP contribution in [-0.2, 0) is 6.54 Å². The van der Waals surface area contributed by atoms with Crippen molar-refractivity contribution in [1.29, 1.82) is 0 Å². The van der Waals surface area contributed by atoms with Crippen LogP contribution in [0.15, 0.2) is 48.8 Å². The molecule has 2 aliphatic rings. The van der Waals surface area contributed by atoms with E-state index in [1.54, 1.807) is 18.3 Å². The van der Waals surface area contributed by atoms with Crippen molar-refractivity contribution in [1.82, 2.24) is 14.8 Å². The van der Waals surface area contributed by atoms with Crippen molar-refractivity contribution in [2.75, 3.05) is 26.2 Å². The van der Waals surface area contributed by atoms with Crippen LogP contribution in [0.4, 0.5) is 4.39 Å². The number of hydrogen-bond acceptors (Lipinski definition) is 5. The molecule has 0 bridgehead atoms. The number of aromatic nitrogens is 1. The maximum Gasteiger partial charge on any atom is 0.166 e. The number of Topliss-reactive ketones (excluding diaryl/α,β-unsaturated/α-hetero) is 1. The Balaban J connectivity index is 1.28. The van der Waals surface area contributed by atoms with Gasteiger partial charge in [0.25, 0.3) is 0 Å². The van der Waals surface area contributed by atoms with Gasteiger partial charge < -0.3 is 5.11 Å². The van der Waals surface area contributed by atoms with Gasteiger partial charge in [-0.2, -0.15) is 0 Å². The molecule has 1 N–H and O–H groups in total. The zero-order valence-corrected chi connectivity index (χ0v) is 16.6. The molecule has 0 radical (unpaired) electrons. The number of carbonyl (C=O) groups is 1. The van der Waals surface area contributed by atoms with Gasteiger partial charge in [-0.05, 0) is 68.2 Å². The largest absolute Gasteiger partial charge is 0.390 e. The molecule has 0 aliphatic carbocycles. The van der Waals surface area contributed by atoms with Gasteiger partial charge >= 0.3 is 0 Å². The van der Waals surface area contributed by atoms with Gasteiger partial charge in [0.2, 0.25) is 0 Å². The summed E-state index contributed by atoms with van der Waals surface area (Å²) in [4.78, 5) is 21.5. The SMILES string of the molecule is O=C(c1ccc(F)cc1)C1CCN(C2CCN(Cc3cccnc3)CC2O)CC1. The molecule has 2 atom stereocenters. The van der Waals surface area contributed by atoms with E-state index in [1.807, 2.05) is 12.3 Å². The summed E-state index contributed by atoms with van der Waals surface area (Å²) in [7, 11) is 0. The fraction of sp³-hybridized carbons (Fsp3) is 0.478. The first-order valence-electron chi connectivity index (χ1n) is 10.4. The van der Waals surface area contributed by atoms with E-state index >= 15 is 0 Å². The third-order valence-electron chi connectivity index (χ3n) is 6.26. The second kappa shape index (κ2) is 9.11. The Morgan fingerprint density at radius 2 is 1.86 bits per heavy atom. The Hall–Kier alpha value is -2.15. The summed E-state index contributed by atoms with van der Waals surface area (Å²) in [6.07, 6.45) is 5.77. The van der Waals surface area contributed by atoms with Crippen LogP contribution in [0.2, 0.25) is 0 Å². The van der Waals surface area contributed by atoms with Gasteiger partial charge in [-0.1, -0.05) is 6.07 Å². The van der Waals surface area contributed by atoms with Crippen LogP contribution in [0.5, 0.6) is 0 Å². The number of aliphatic hydroxyl groups excluding tert-OH is 1. The lowest BCUT2D eigenvalue weighted by molar-refractivity contribution is -0.0251. The second-order valence-corrected chi connectivity index (χ2v) is 8.20. The number of benzene rings is 1. The first-order chi connectivity index (χ1) is 14.1. The smallest absolute Gasteiger partial charge is 0.166 e. The summed E-state index contributed by atoms with van der Waals surface area (Å²) < 4.78 is 13.1. The molecule has 4 rings (SSSR count). The molecule has 0 saturated carbocycles. The van der Waals surface area contributed by atoms with E-state index in [0.29, 0.717) is 12.1 Å². The number of halogens is 1. The molecule has 2 aliphatic heterocycles. The highest BCUT2D eigenvalue weighted by Gasteiger charge is 2.35. The number of rotatable bonds is 5. The molecule has 1 aromatic heterocycles. The van der Waals surface area contributed by atoms with Crippen molar-refractivity contribution < 1.29 is 14.3 Å². The van der Waals surface area contributed by atoms with Crippen LogP contribution in [0.3, 0.4) is 0 Å². The van der Waals surface area contributed by atoms with E-state index in [1.165, 1.54) is 17.7 Å². The molecule has 0 amide bonds. The van der Waals surface area contributed by atoms with Crippen molar-refractivity contribution in [3.63, 3.8) is 0 Å². The standard InChI is InChI=1S/C23H28FN3O2/c24-20-5-3-18(4-6-20)23(29)19-7-12-27(13-8-19)21-9-11-26(16-22(21)28)15-17-2-1-10-25-14-17/h1-6,10,14,19,21-22,28H,7-9,11-13,15-16H2. The van der Waals surface area contributed by atoms with Gasteiger partial charge in [-0.15, -0.1) is 0 Å². The zero-order chi connectivity index (χ0) is 20.2. The highest BCUT2D eigenvalue weighted by molar-refractivity contribution is 5.97. The van der Waals surface area contributed by atoms with E-state index in [4.69, 9.17) is 0 Å². The molecule has 2 unspecified atom stereocenters. The number of piperidine rings is 2. The Kier molecular flexibility index (Phi) is 6.33. The Bertz CT molecular complexity index is 807. The third kappa shape index (κ3) is 4.89. The Morgan fingerprint density at radius 3 is 2.52 bits per heavy atom. The lowest BCUT2D eigenvalue weighted by atomic mass is 9.87. The van der Waals surface area contributed by atoms with Crippen molar-refractivity contribution in [2.24, 2.45) is 5.92 Å². The fourth-order valence-electron chi connectivity index (χ4n) is 4.65. The number of ketones is 1. The van der Waals surface area contributed by atoms with Gasteiger partial charge in [-0.3, -0.25) is 19.6 Å². The highest BCUT2D eigenvalue weighted by atomic mass is 19.1. The Morgan fingerprint density at radius 1 is 1.10 bits per heavy atom. The molecular formula is C23H28FN3O2. The van der Waals surface area contributed by atoms with Gasteiger partial charge in [0.1, 0.15) is 5.82 Å². The van der Waals surface area contributed by atoms with Crippen LogP contribution in [0.25, 0.3) is 0 Å². The van der Waals surface area contributed by atoms with Crippen LogP contribution in [0.1, 0.15) is 35.2 Å². The number of likely N-dealkylation sites (tertiary alicyclic amines) is 2. The molecule has 2 aromatic rings. The average Bonchev–Trinajstić information content (AvgIpc) is 2.75. The molecule has 2 fully saturated rings. The number of aliphatic hydroxyl groups is 1. The van der Waals surface area contributed by atoms with E-state index in [9.17, 15) is 14.3 Å². The summed E-state index contributed by atoms with van der Waals surface area (Å²) in [6.45, 7) is 4.06. The number of carbonyl (C=O) groups excluding carboxylic acids is 1. The molecule has 154 valence electrons. The van der Waals surface area contributed by atoms with Crippen LogP contribution in [-0.4, -0.2) is 64.0 Å². The molecule has 5 nitrogen and oxygen atoms in total. The highest BCUT2D eigenvalue weighted by Crippen LogP contribution is 2.27. The number of β-amino-alcohol motifs (C(OH)–C–C–N with tert-alkyl or cyclic N) is 1. The van der Waals surface area contributed by atoms with Crippen LogP contribution < -0.4 is 0 Å². The lowest BCUT2D eigenvalue weighted by Gasteiger charge is -2.44. The van der Waals surface area contributed by atoms with E-state index < -0.39 is 0 Å². The number of pyridine rings is 1. The summed E-state index contributed by atoms with van der Waals surface area (Å²) in [5, 5.41) is 10.7. The summed E-state index contributed by atoms with van der Waals surface area (Å²) in [5.41, 5.74) is 1.76.